The third kappa shape index (κ3) is 3.41. The quantitative estimate of drug-likeness (QED) is 0.928. The number of thiophene rings is 1. The zero-order valence-electron chi connectivity index (χ0n) is 9.95. The van der Waals surface area contributed by atoms with Crippen molar-refractivity contribution in [2.45, 2.75) is 19.4 Å². The lowest BCUT2D eigenvalue weighted by atomic mass is 10.2. The summed E-state index contributed by atoms with van der Waals surface area (Å²) in [5.74, 6) is 0.468. The lowest BCUT2D eigenvalue weighted by Gasteiger charge is -2.10. The molecule has 2 aromatic rings. The largest absolute Gasteiger partial charge is 0.486 e. The zero-order valence-corrected chi connectivity index (χ0v) is 11.5. The third-order valence-corrected chi connectivity index (χ3v) is 3.67. The molecule has 0 aliphatic rings. The Labute approximate surface area is 121 Å². The fraction of sp³-hybridized carbons (Fsp3) is 0.250. The van der Waals surface area contributed by atoms with E-state index < -0.39 is 11.7 Å². The zero-order chi connectivity index (χ0) is 14.8. The SMILES string of the molecule is OCc1sccc1OCc1ncc(C(F)(F)F)cc1Cl. The molecule has 108 valence electrons. The minimum atomic E-state index is -4.48. The number of rotatable bonds is 4. The molecule has 2 heterocycles. The van der Waals surface area contributed by atoms with Crippen molar-refractivity contribution in [1.29, 1.82) is 0 Å². The molecule has 2 rings (SSSR count). The van der Waals surface area contributed by atoms with E-state index in [0.29, 0.717) is 16.8 Å². The van der Waals surface area contributed by atoms with Gasteiger partial charge in [-0.2, -0.15) is 13.2 Å². The topological polar surface area (TPSA) is 42.4 Å². The summed E-state index contributed by atoms with van der Waals surface area (Å²) in [6, 6.07) is 2.47. The number of alkyl halides is 3. The fourth-order valence-electron chi connectivity index (χ4n) is 1.45. The first-order valence-electron chi connectivity index (χ1n) is 5.43. The highest BCUT2D eigenvalue weighted by molar-refractivity contribution is 7.10. The Hall–Kier alpha value is -1.31. The van der Waals surface area contributed by atoms with Gasteiger partial charge >= 0.3 is 6.18 Å². The molecule has 0 saturated heterocycles. The fourth-order valence-corrected chi connectivity index (χ4v) is 2.34. The molecule has 3 nitrogen and oxygen atoms in total. The van der Waals surface area contributed by atoms with Crippen LogP contribution in [0.5, 0.6) is 5.75 Å². The van der Waals surface area contributed by atoms with E-state index in [1.54, 1.807) is 11.4 Å². The van der Waals surface area contributed by atoms with Crippen molar-refractivity contribution in [1.82, 2.24) is 4.98 Å². The Morgan fingerprint density at radius 3 is 2.75 bits per heavy atom. The molecule has 0 saturated carbocycles. The van der Waals surface area contributed by atoms with E-state index in [2.05, 4.69) is 4.98 Å². The van der Waals surface area contributed by atoms with Gasteiger partial charge in [0.05, 0.1) is 27.8 Å². The number of aromatic nitrogens is 1. The van der Waals surface area contributed by atoms with Crippen LogP contribution in [0.4, 0.5) is 13.2 Å². The van der Waals surface area contributed by atoms with Gasteiger partial charge in [0.1, 0.15) is 12.4 Å². The second kappa shape index (κ2) is 5.99. The molecular weight excluding hydrogens is 315 g/mol. The molecule has 0 unspecified atom stereocenters. The summed E-state index contributed by atoms with van der Waals surface area (Å²) in [5.41, 5.74) is -0.701. The number of hydrogen-bond donors (Lipinski definition) is 1. The number of aliphatic hydroxyl groups is 1. The monoisotopic (exact) mass is 323 g/mol. The van der Waals surface area contributed by atoms with Crippen molar-refractivity contribution in [3.8, 4) is 5.75 Å². The maximum absolute atomic E-state index is 12.5. The van der Waals surface area contributed by atoms with Crippen molar-refractivity contribution in [2.24, 2.45) is 0 Å². The first-order chi connectivity index (χ1) is 9.41. The van der Waals surface area contributed by atoms with Crippen LogP contribution in [-0.2, 0) is 19.4 Å². The van der Waals surface area contributed by atoms with Gasteiger partial charge < -0.3 is 9.84 Å². The molecule has 0 atom stereocenters. The van der Waals surface area contributed by atoms with Crippen LogP contribution in [0.25, 0.3) is 0 Å². The molecule has 0 bridgehead atoms. The van der Waals surface area contributed by atoms with Crippen LogP contribution >= 0.6 is 22.9 Å². The average molecular weight is 324 g/mol. The highest BCUT2D eigenvalue weighted by Crippen LogP contribution is 2.31. The number of pyridine rings is 1. The van der Waals surface area contributed by atoms with Gasteiger partial charge in [-0.25, -0.2) is 0 Å². The standard InChI is InChI=1S/C12H9ClF3NO2S/c13-8-3-7(12(14,15)16)4-17-9(8)6-19-10-1-2-20-11(10)5-18/h1-4,18H,5-6H2. The molecule has 0 aromatic carbocycles. The normalized spacial score (nSPS) is 11.7. The minimum absolute atomic E-state index is 0.0687. The van der Waals surface area contributed by atoms with Crippen LogP contribution < -0.4 is 4.74 Å². The van der Waals surface area contributed by atoms with E-state index in [4.69, 9.17) is 21.4 Å². The van der Waals surface area contributed by atoms with E-state index in [1.807, 2.05) is 0 Å². The summed E-state index contributed by atoms with van der Waals surface area (Å²) in [7, 11) is 0. The molecule has 0 radical (unpaired) electrons. The van der Waals surface area contributed by atoms with Gasteiger partial charge in [0, 0.05) is 6.20 Å². The van der Waals surface area contributed by atoms with Gasteiger partial charge in [-0.15, -0.1) is 11.3 Å². The first kappa shape index (κ1) is 15.1. The Morgan fingerprint density at radius 2 is 2.15 bits per heavy atom. The summed E-state index contributed by atoms with van der Waals surface area (Å²) in [4.78, 5) is 4.30. The maximum atomic E-state index is 12.5. The summed E-state index contributed by atoms with van der Waals surface area (Å²) in [6.45, 7) is -0.234. The minimum Gasteiger partial charge on any atom is -0.486 e. The number of aliphatic hydroxyl groups excluding tert-OH is 1. The van der Waals surface area contributed by atoms with Crippen LogP contribution in [0.15, 0.2) is 23.7 Å². The van der Waals surface area contributed by atoms with Crippen LogP contribution in [0, 0.1) is 0 Å². The highest BCUT2D eigenvalue weighted by Gasteiger charge is 2.31. The molecule has 0 aliphatic carbocycles. The molecule has 0 spiro atoms. The molecule has 0 fully saturated rings. The van der Waals surface area contributed by atoms with Gasteiger partial charge in [0.15, 0.2) is 0 Å². The van der Waals surface area contributed by atoms with E-state index >= 15 is 0 Å². The van der Waals surface area contributed by atoms with Crippen molar-refractivity contribution in [3.05, 3.63) is 44.9 Å². The summed E-state index contributed by atoms with van der Waals surface area (Å²) < 4.78 is 42.7. The van der Waals surface area contributed by atoms with Gasteiger partial charge in [-0.1, -0.05) is 11.6 Å². The van der Waals surface area contributed by atoms with Gasteiger partial charge in [0.2, 0.25) is 0 Å². The molecule has 20 heavy (non-hydrogen) atoms. The smallest absolute Gasteiger partial charge is 0.417 e. The lowest BCUT2D eigenvalue weighted by molar-refractivity contribution is -0.137. The molecule has 1 N–H and O–H groups in total. The third-order valence-electron chi connectivity index (χ3n) is 2.46. The second-order valence-corrected chi connectivity index (χ2v) is 5.21. The van der Waals surface area contributed by atoms with Crippen LogP contribution in [-0.4, -0.2) is 10.1 Å². The van der Waals surface area contributed by atoms with E-state index in [0.717, 1.165) is 6.07 Å². The lowest BCUT2D eigenvalue weighted by Crippen LogP contribution is -2.08. The average Bonchev–Trinajstić information content (AvgIpc) is 2.83. The Morgan fingerprint density at radius 1 is 1.40 bits per heavy atom. The van der Waals surface area contributed by atoms with Crippen molar-refractivity contribution < 1.29 is 23.0 Å². The Balaban J connectivity index is 2.11. The number of hydrogen-bond acceptors (Lipinski definition) is 4. The number of nitrogens with zero attached hydrogens (tertiary/aromatic N) is 1. The van der Waals surface area contributed by atoms with E-state index in [-0.39, 0.29) is 23.9 Å². The highest BCUT2D eigenvalue weighted by atomic mass is 35.5. The molecule has 8 heteroatoms. The van der Waals surface area contributed by atoms with E-state index in [1.165, 1.54) is 11.3 Å². The maximum Gasteiger partial charge on any atom is 0.417 e. The first-order valence-corrected chi connectivity index (χ1v) is 6.69. The molecular formula is C12H9ClF3NO2S. The van der Waals surface area contributed by atoms with Gasteiger partial charge in [0.25, 0.3) is 0 Å². The molecule has 0 amide bonds. The molecule has 0 aliphatic heterocycles. The summed E-state index contributed by atoms with van der Waals surface area (Å²) in [5, 5.41) is 10.7. The van der Waals surface area contributed by atoms with Gasteiger partial charge in [-0.05, 0) is 17.5 Å². The van der Waals surface area contributed by atoms with Crippen LogP contribution in [0.3, 0.4) is 0 Å². The Bertz CT molecular complexity index is 601. The van der Waals surface area contributed by atoms with Crippen LogP contribution in [0.1, 0.15) is 16.1 Å². The molecule has 2 aromatic heterocycles. The number of halogens is 4. The van der Waals surface area contributed by atoms with Crippen LogP contribution in [0.2, 0.25) is 5.02 Å². The summed E-state index contributed by atoms with van der Waals surface area (Å²) in [6.07, 6.45) is -3.77. The second-order valence-electron chi connectivity index (χ2n) is 3.81. The summed E-state index contributed by atoms with van der Waals surface area (Å²) >= 11 is 7.08. The number of ether oxygens (including phenoxy) is 1. The Kier molecular flexibility index (Phi) is 4.52. The predicted octanol–water partition coefficient (Wildman–Crippen LogP) is 3.89. The van der Waals surface area contributed by atoms with E-state index in [9.17, 15) is 13.2 Å². The van der Waals surface area contributed by atoms with Crippen molar-refractivity contribution >= 4 is 22.9 Å². The van der Waals surface area contributed by atoms with Crippen molar-refractivity contribution in [3.63, 3.8) is 0 Å². The van der Waals surface area contributed by atoms with Crippen molar-refractivity contribution in [2.75, 3.05) is 0 Å². The predicted molar refractivity (Wildman–Crippen MR) is 68.8 cm³/mol. The van der Waals surface area contributed by atoms with Gasteiger partial charge in [-0.3, -0.25) is 4.98 Å².